The predicted molar refractivity (Wildman–Crippen MR) is 78.1 cm³/mol. The minimum absolute atomic E-state index is 0.682. The molecule has 0 bridgehead atoms. The Labute approximate surface area is 114 Å². The number of thioether (sulfide) groups is 1. The fraction of sp³-hybridized carbons (Fsp3) is 0.692. The highest BCUT2D eigenvalue weighted by Gasteiger charge is 2.20. The molecule has 0 radical (unpaired) electrons. The summed E-state index contributed by atoms with van der Waals surface area (Å²) >= 11 is 2.04. The zero-order valence-corrected chi connectivity index (χ0v) is 12.3. The highest BCUT2D eigenvalue weighted by Crippen LogP contribution is 2.22. The largest absolute Gasteiger partial charge is 0.370 e. The Morgan fingerprint density at radius 1 is 1.50 bits per heavy atom. The third-order valence-electron chi connectivity index (χ3n) is 3.18. The van der Waals surface area contributed by atoms with Gasteiger partial charge in [0.15, 0.2) is 0 Å². The second-order valence-electron chi connectivity index (χ2n) is 4.77. The molecule has 0 saturated carbocycles. The van der Waals surface area contributed by atoms with Gasteiger partial charge in [-0.25, -0.2) is 9.97 Å². The standard InChI is InChI=1S/C13H22N4S/c1-4-14-12-7-10(2)15-13(16-12)8-17(3)11-5-6-18-9-11/h7,11H,4-6,8-9H2,1-3H3,(H,14,15,16). The van der Waals surface area contributed by atoms with Gasteiger partial charge in [0.2, 0.25) is 0 Å². The third kappa shape index (κ3) is 3.59. The summed E-state index contributed by atoms with van der Waals surface area (Å²) in [5.74, 6) is 4.38. The number of hydrogen-bond donors (Lipinski definition) is 1. The molecule has 2 rings (SSSR count). The predicted octanol–water partition coefficient (Wildman–Crippen LogP) is 2.15. The highest BCUT2D eigenvalue weighted by molar-refractivity contribution is 7.99. The molecule has 0 aliphatic carbocycles. The molecule has 0 aromatic carbocycles. The van der Waals surface area contributed by atoms with Gasteiger partial charge in [-0.15, -0.1) is 0 Å². The molecule has 5 heteroatoms. The summed E-state index contributed by atoms with van der Waals surface area (Å²) < 4.78 is 0. The first kappa shape index (κ1) is 13.6. The van der Waals surface area contributed by atoms with Gasteiger partial charge in [0.1, 0.15) is 11.6 Å². The van der Waals surface area contributed by atoms with Gasteiger partial charge in [-0.2, -0.15) is 11.8 Å². The zero-order chi connectivity index (χ0) is 13.0. The Morgan fingerprint density at radius 3 is 3.00 bits per heavy atom. The summed E-state index contributed by atoms with van der Waals surface area (Å²) in [6.07, 6.45) is 1.28. The Balaban J connectivity index is 2.03. The van der Waals surface area contributed by atoms with E-state index >= 15 is 0 Å². The highest BCUT2D eigenvalue weighted by atomic mass is 32.2. The SMILES string of the molecule is CCNc1cc(C)nc(CN(C)C2CCSC2)n1. The average Bonchev–Trinajstić information content (AvgIpc) is 2.81. The van der Waals surface area contributed by atoms with Gasteiger partial charge in [0, 0.05) is 30.1 Å². The summed E-state index contributed by atoms with van der Waals surface area (Å²) in [5.41, 5.74) is 1.03. The van der Waals surface area contributed by atoms with E-state index in [4.69, 9.17) is 0 Å². The Hall–Kier alpha value is -0.810. The van der Waals surface area contributed by atoms with Crippen LogP contribution in [0, 0.1) is 6.92 Å². The van der Waals surface area contributed by atoms with Crippen LogP contribution >= 0.6 is 11.8 Å². The van der Waals surface area contributed by atoms with E-state index in [-0.39, 0.29) is 0 Å². The second kappa shape index (κ2) is 6.38. The molecule has 4 nitrogen and oxygen atoms in total. The molecule has 0 amide bonds. The number of anilines is 1. The molecule has 1 N–H and O–H groups in total. The van der Waals surface area contributed by atoms with E-state index in [0.717, 1.165) is 30.4 Å². The van der Waals surface area contributed by atoms with Crippen molar-refractivity contribution in [1.82, 2.24) is 14.9 Å². The van der Waals surface area contributed by atoms with Crippen molar-refractivity contribution in [3.63, 3.8) is 0 Å². The zero-order valence-electron chi connectivity index (χ0n) is 11.4. The summed E-state index contributed by atoms with van der Waals surface area (Å²) in [7, 11) is 2.18. The van der Waals surface area contributed by atoms with Crippen molar-refractivity contribution in [3.05, 3.63) is 17.6 Å². The smallest absolute Gasteiger partial charge is 0.144 e. The molecule has 1 fully saturated rings. The van der Waals surface area contributed by atoms with E-state index in [0.29, 0.717) is 6.04 Å². The third-order valence-corrected chi connectivity index (χ3v) is 4.32. The fourth-order valence-electron chi connectivity index (χ4n) is 2.19. The van der Waals surface area contributed by atoms with E-state index in [9.17, 15) is 0 Å². The van der Waals surface area contributed by atoms with E-state index in [1.807, 2.05) is 24.8 Å². The van der Waals surface area contributed by atoms with Gasteiger partial charge < -0.3 is 5.32 Å². The molecule has 100 valence electrons. The molecule has 1 aliphatic heterocycles. The normalized spacial score (nSPS) is 19.4. The molecule has 1 atom stereocenters. The monoisotopic (exact) mass is 266 g/mol. The van der Waals surface area contributed by atoms with Gasteiger partial charge in [-0.05, 0) is 33.1 Å². The van der Waals surface area contributed by atoms with E-state index in [2.05, 4.69) is 34.2 Å². The molecule has 18 heavy (non-hydrogen) atoms. The van der Waals surface area contributed by atoms with Crippen LogP contribution in [0.4, 0.5) is 5.82 Å². The maximum absolute atomic E-state index is 4.56. The lowest BCUT2D eigenvalue weighted by molar-refractivity contribution is 0.248. The van der Waals surface area contributed by atoms with Crippen molar-refractivity contribution in [2.24, 2.45) is 0 Å². The lowest BCUT2D eigenvalue weighted by Crippen LogP contribution is -2.31. The summed E-state index contributed by atoms with van der Waals surface area (Å²) in [6.45, 7) is 5.84. The van der Waals surface area contributed by atoms with Crippen LogP contribution in [0.3, 0.4) is 0 Å². The number of aryl methyl sites for hydroxylation is 1. The summed E-state index contributed by atoms with van der Waals surface area (Å²) in [5, 5.41) is 3.26. The van der Waals surface area contributed by atoms with Crippen LogP contribution < -0.4 is 5.32 Å². The number of rotatable bonds is 5. The van der Waals surface area contributed by atoms with E-state index < -0.39 is 0 Å². The van der Waals surface area contributed by atoms with Gasteiger partial charge in [-0.1, -0.05) is 0 Å². The average molecular weight is 266 g/mol. The van der Waals surface area contributed by atoms with Crippen molar-refractivity contribution in [3.8, 4) is 0 Å². The van der Waals surface area contributed by atoms with Crippen LogP contribution in [0.25, 0.3) is 0 Å². The molecule has 0 spiro atoms. The number of hydrogen-bond acceptors (Lipinski definition) is 5. The number of aromatic nitrogens is 2. The van der Waals surface area contributed by atoms with Crippen LogP contribution in [-0.2, 0) is 6.54 Å². The Morgan fingerprint density at radius 2 is 2.33 bits per heavy atom. The molecule has 1 unspecified atom stereocenters. The lowest BCUT2D eigenvalue weighted by atomic mass is 10.2. The minimum Gasteiger partial charge on any atom is -0.370 e. The van der Waals surface area contributed by atoms with Crippen LogP contribution in [0.5, 0.6) is 0 Å². The van der Waals surface area contributed by atoms with Crippen LogP contribution in [0.15, 0.2) is 6.07 Å². The molecule has 1 aliphatic rings. The van der Waals surface area contributed by atoms with Crippen molar-refractivity contribution in [2.45, 2.75) is 32.9 Å². The number of nitrogens with one attached hydrogen (secondary N) is 1. The minimum atomic E-state index is 0.682. The van der Waals surface area contributed by atoms with Crippen molar-refractivity contribution >= 4 is 17.6 Å². The van der Waals surface area contributed by atoms with Gasteiger partial charge in [-0.3, -0.25) is 4.90 Å². The van der Waals surface area contributed by atoms with E-state index in [1.54, 1.807) is 0 Å². The second-order valence-corrected chi connectivity index (χ2v) is 5.92. The van der Waals surface area contributed by atoms with Crippen molar-refractivity contribution in [2.75, 3.05) is 30.4 Å². The van der Waals surface area contributed by atoms with Gasteiger partial charge in [0.25, 0.3) is 0 Å². The summed E-state index contributed by atoms with van der Waals surface area (Å²) in [4.78, 5) is 11.5. The topological polar surface area (TPSA) is 41.1 Å². The summed E-state index contributed by atoms with van der Waals surface area (Å²) in [6, 6.07) is 2.68. The van der Waals surface area contributed by atoms with Crippen LogP contribution in [-0.4, -0.2) is 46.0 Å². The van der Waals surface area contributed by atoms with Gasteiger partial charge in [0.05, 0.1) is 6.54 Å². The maximum Gasteiger partial charge on any atom is 0.144 e. The van der Waals surface area contributed by atoms with Crippen molar-refractivity contribution < 1.29 is 0 Å². The van der Waals surface area contributed by atoms with Gasteiger partial charge >= 0.3 is 0 Å². The first-order valence-electron chi connectivity index (χ1n) is 6.55. The molecule has 1 aromatic heterocycles. The van der Waals surface area contributed by atoms with Crippen molar-refractivity contribution in [1.29, 1.82) is 0 Å². The Bertz CT molecular complexity index is 391. The molecular weight excluding hydrogens is 244 g/mol. The van der Waals surface area contributed by atoms with E-state index in [1.165, 1.54) is 17.9 Å². The quantitative estimate of drug-likeness (QED) is 0.884. The first-order valence-corrected chi connectivity index (χ1v) is 7.71. The molecule has 1 saturated heterocycles. The molecular formula is C13H22N4S. The number of nitrogens with zero attached hydrogens (tertiary/aromatic N) is 3. The van der Waals surface area contributed by atoms with Crippen LogP contribution in [0.2, 0.25) is 0 Å². The molecule has 1 aromatic rings. The van der Waals surface area contributed by atoms with Crippen LogP contribution in [0.1, 0.15) is 24.9 Å². The molecule has 2 heterocycles. The first-order chi connectivity index (χ1) is 8.69. The fourth-order valence-corrected chi connectivity index (χ4v) is 3.49. The maximum atomic E-state index is 4.56. The lowest BCUT2D eigenvalue weighted by Gasteiger charge is -2.22. The Kier molecular flexibility index (Phi) is 4.83.